The molecular formula is C21H25N3O3. The molecule has 1 aliphatic heterocycles. The van der Waals surface area contributed by atoms with Crippen LogP contribution in [0.1, 0.15) is 30.1 Å². The summed E-state index contributed by atoms with van der Waals surface area (Å²) < 4.78 is 0. The molecule has 2 aromatic carbocycles. The second-order valence-electron chi connectivity index (χ2n) is 6.70. The number of phenolic OH excluding ortho intramolecular Hbond substituents is 1. The number of amides is 3. The number of likely N-dealkylation sites (tertiary alicyclic amines) is 1. The van der Waals surface area contributed by atoms with Crippen molar-refractivity contribution in [3.05, 3.63) is 54.1 Å². The molecule has 6 nitrogen and oxygen atoms in total. The second kappa shape index (κ2) is 8.58. The van der Waals surface area contributed by atoms with Crippen molar-refractivity contribution >= 4 is 11.9 Å². The number of nitrogens with zero attached hydrogens (tertiary/aromatic N) is 1. The molecule has 3 N–H and O–H groups in total. The number of hydrogen-bond acceptors (Lipinski definition) is 3. The van der Waals surface area contributed by atoms with Gasteiger partial charge in [0.15, 0.2) is 0 Å². The number of benzene rings is 2. The quantitative estimate of drug-likeness (QED) is 0.777. The Kier molecular flexibility index (Phi) is 5.96. The van der Waals surface area contributed by atoms with E-state index in [1.807, 2.05) is 37.3 Å². The van der Waals surface area contributed by atoms with Crippen molar-refractivity contribution in [2.24, 2.45) is 0 Å². The first-order valence-electron chi connectivity index (χ1n) is 9.30. The Balaban J connectivity index is 1.60. The maximum atomic E-state index is 12.6. The SMILES string of the molecule is CCNC(=O)N1CCC(NC(=O)c2cccc(-c3ccc(O)cc3)c2)CC1. The lowest BCUT2D eigenvalue weighted by molar-refractivity contribution is 0.0918. The minimum absolute atomic E-state index is 0.0381. The van der Waals surface area contributed by atoms with Gasteiger partial charge in [0.05, 0.1) is 0 Å². The van der Waals surface area contributed by atoms with Crippen LogP contribution in [-0.4, -0.2) is 47.6 Å². The fourth-order valence-electron chi connectivity index (χ4n) is 3.25. The zero-order chi connectivity index (χ0) is 19.2. The summed E-state index contributed by atoms with van der Waals surface area (Å²) in [5.41, 5.74) is 2.47. The van der Waals surface area contributed by atoms with Crippen LogP contribution in [0, 0.1) is 0 Å². The first-order valence-corrected chi connectivity index (χ1v) is 9.30. The van der Waals surface area contributed by atoms with Gasteiger partial charge in [-0.2, -0.15) is 0 Å². The van der Waals surface area contributed by atoms with Gasteiger partial charge in [0, 0.05) is 31.2 Å². The maximum absolute atomic E-state index is 12.6. The molecule has 0 atom stereocenters. The van der Waals surface area contributed by atoms with Crippen molar-refractivity contribution in [2.45, 2.75) is 25.8 Å². The van der Waals surface area contributed by atoms with E-state index in [4.69, 9.17) is 0 Å². The van der Waals surface area contributed by atoms with Crippen LogP contribution in [0.2, 0.25) is 0 Å². The van der Waals surface area contributed by atoms with E-state index in [0.29, 0.717) is 25.2 Å². The molecule has 0 spiro atoms. The Morgan fingerprint density at radius 2 is 1.78 bits per heavy atom. The van der Waals surface area contributed by atoms with Gasteiger partial charge in [0.1, 0.15) is 5.75 Å². The van der Waals surface area contributed by atoms with Gasteiger partial charge in [-0.05, 0) is 55.2 Å². The summed E-state index contributed by atoms with van der Waals surface area (Å²) in [6.45, 7) is 3.80. The third-order valence-corrected chi connectivity index (χ3v) is 4.77. The number of phenols is 1. The van der Waals surface area contributed by atoms with Gasteiger partial charge >= 0.3 is 6.03 Å². The van der Waals surface area contributed by atoms with Crippen LogP contribution < -0.4 is 10.6 Å². The number of piperidine rings is 1. The highest BCUT2D eigenvalue weighted by molar-refractivity contribution is 5.95. The van der Waals surface area contributed by atoms with E-state index in [9.17, 15) is 14.7 Å². The lowest BCUT2D eigenvalue weighted by Crippen LogP contribution is -2.49. The van der Waals surface area contributed by atoms with Crippen molar-refractivity contribution in [2.75, 3.05) is 19.6 Å². The van der Waals surface area contributed by atoms with Crippen LogP contribution in [0.5, 0.6) is 5.75 Å². The lowest BCUT2D eigenvalue weighted by atomic mass is 10.0. The van der Waals surface area contributed by atoms with E-state index in [2.05, 4.69) is 10.6 Å². The summed E-state index contributed by atoms with van der Waals surface area (Å²) in [7, 11) is 0. The highest BCUT2D eigenvalue weighted by atomic mass is 16.3. The molecule has 1 heterocycles. The molecule has 3 amide bonds. The molecular weight excluding hydrogens is 342 g/mol. The first-order chi connectivity index (χ1) is 13.1. The van der Waals surface area contributed by atoms with E-state index >= 15 is 0 Å². The zero-order valence-electron chi connectivity index (χ0n) is 15.4. The molecule has 1 saturated heterocycles. The summed E-state index contributed by atoms with van der Waals surface area (Å²) in [5, 5.41) is 15.3. The molecule has 6 heteroatoms. The molecule has 0 radical (unpaired) electrons. The van der Waals surface area contributed by atoms with Gasteiger partial charge in [-0.25, -0.2) is 4.79 Å². The normalized spacial score (nSPS) is 14.6. The minimum Gasteiger partial charge on any atom is -0.508 e. The van der Waals surface area contributed by atoms with Crippen LogP contribution in [0.15, 0.2) is 48.5 Å². The van der Waals surface area contributed by atoms with Crippen LogP contribution in [0.3, 0.4) is 0 Å². The Hall–Kier alpha value is -3.02. The Morgan fingerprint density at radius 3 is 2.44 bits per heavy atom. The third kappa shape index (κ3) is 4.78. The second-order valence-corrected chi connectivity index (χ2v) is 6.70. The van der Waals surface area contributed by atoms with Gasteiger partial charge in [-0.15, -0.1) is 0 Å². The highest BCUT2D eigenvalue weighted by Crippen LogP contribution is 2.23. The fourth-order valence-corrected chi connectivity index (χ4v) is 3.25. The maximum Gasteiger partial charge on any atom is 0.317 e. The van der Waals surface area contributed by atoms with E-state index in [1.54, 1.807) is 23.1 Å². The smallest absolute Gasteiger partial charge is 0.317 e. The van der Waals surface area contributed by atoms with Crippen LogP contribution >= 0.6 is 0 Å². The molecule has 0 saturated carbocycles. The number of carbonyl (C=O) groups excluding carboxylic acids is 2. The lowest BCUT2D eigenvalue weighted by Gasteiger charge is -2.32. The summed E-state index contributed by atoms with van der Waals surface area (Å²) in [5.74, 6) is 0.110. The predicted molar refractivity (Wildman–Crippen MR) is 105 cm³/mol. The molecule has 1 aliphatic rings. The number of aromatic hydroxyl groups is 1. The summed E-state index contributed by atoms with van der Waals surface area (Å²) in [6.07, 6.45) is 1.50. The van der Waals surface area contributed by atoms with E-state index < -0.39 is 0 Å². The van der Waals surface area contributed by atoms with E-state index in [-0.39, 0.29) is 23.7 Å². The minimum atomic E-state index is -0.105. The number of urea groups is 1. The first kappa shape index (κ1) is 18.8. The number of hydrogen-bond donors (Lipinski definition) is 3. The average Bonchev–Trinajstić information content (AvgIpc) is 2.69. The third-order valence-electron chi connectivity index (χ3n) is 4.77. The van der Waals surface area contributed by atoms with E-state index in [1.165, 1.54) is 0 Å². The molecule has 3 rings (SSSR count). The summed E-state index contributed by atoms with van der Waals surface area (Å²) in [4.78, 5) is 26.3. The summed E-state index contributed by atoms with van der Waals surface area (Å²) >= 11 is 0. The van der Waals surface area contributed by atoms with Crippen molar-refractivity contribution in [1.29, 1.82) is 0 Å². The summed E-state index contributed by atoms with van der Waals surface area (Å²) in [6, 6.07) is 14.4. The Labute approximate surface area is 159 Å². The molecule has 0 bridgehead atoms. The number of nitrogens with one attached hydrogen (secondary N) is 2. The predicted octanol–water partition coefficient (Wildman–Crippen LogP) is 2.98. The van der Waals surface area contributed by atoms with Crippen molar-refractivity contribution in [3.8, 4) is 16.9 Å². The molecule has 0 aliphatic carbocycles. The topological polar surface area (TPSA) is 81.7 Å². The van der Waals surface area contributed by atoms with Crippen molar-refractivity contribution in [3.63, 3.8) is 0 Å². The highest BCUT2D eigenvalue weighted by Gasteiger charge is 2.23. The largest absolute Gasteiger partial charge is 0.508 e. The molecule has 0 unspecified atom stereocenters. The fraction of sp³-hybridized carbons (Fsp3) is 0.333. The average molecular weight is 367 g/mol. The van der Waals surface area contributed by atoms with Crippen molar-refractivity contribution in [1.82, 2.24) is 15.5 Å². The molecule has 0 aromatic heterocycles. The monoisotopic (exact) mass is 367 g/mol. The molecule has 142 valence electrons. The molecule has 27 heavy (non-hydrogen) atoms. The van der Waals surface area contributed by atoms with Crippen LogP contribution in [-0.2, 0) is 0 Å². The standard InChI is InChI=1S/C21H25N3O3/c1-2-22-21(27)24-12-10-18(11-13-24)23-20(26)17-5-3-4-16(14-17)15-6-8-19(25)9-7-15/h3-9,14,18,25H,2,10-13H2,1H3,(H,22,27)(H,23,26). The van der Waals surface area contributed by atoms with Gasteiger partial charge < -0.3 is 20.6 Å². The molecule has 1 fully saturated rings. The Morgan fingerprint density at radius 1 is 1.07 bits per heavy atom. The molecule has 2 aromatic rings. The van der Waals surface area contributed by atoms with Gasteiger partial charge in [-0.1, -0.05) is 24.3 Å². The zero-order valence-corrected chi connectivity index (χ0v) is 15.4. The van der Waals surface area contributed by atoms with Crippen molar-refractivity contribution < 1.29 is 14.7 Å². The number of carbonyl (C=O) groups is 2. The van der Waals surface area contributed by atoms with Gasteiger partial charge in [-0.3, -0.25) is 4.79 Å². The number of rotatable bonds is 4. The van der Waals surface area contributed by atoms with Crippen LogP contribution in [0.4, 0.5) is 4.79 Å². The van der Waals surface area contributed by atoms with Gasteiger partial charge in [0.2, 0.25) is 0 Å². The van der Waals surface area contributed by atoms with Crippen LogP contribution in [0.25, 0.3) is 11.1 Å². The Bertz CT molecular complexity index is 797. The van der Waals surface area contributed by atoms with E-state index in [0.717, 1.165) is 24.0 Å². The van der Waals surface area contributed by atoms with Gasteiger partial charge in [0.25, 0.3) is 5.91 Å².